The largest absolute Gasteiger partial charge is 0.492 e. The predicted octanol–water partition coefficient (Wildman–Crippen LogP) is 1.53. The third-order valence-electron chi connectivity index (χ3n) is 4.86. The second-order valence-electron chi connectivity index (χ2n) is 7.05. The van der Waals surface area contributed by atoms with Crippen LogP contribution < -0.4 is 4.74 Å². The molecular formula is C20H28N4O3S. The standard InChI is InChI=1S/C20H28N4O3S/c1-22(2)28(25,26)20-8-6-19(7-9-20)27-16-15-23-11-13-24(14-12-23)17-18-5-3-4-10-21-18/h3-10H,11-17H2,1-2H3. The van der Waals surface area contributed by atoms with Crippen LogP contribution in [0, 0.1) is 0 Å². The lowest BCUT2D eigenvalue weighted by molar-refractivity contribution is 0.111. The molecule has 1 fully saturated rings. The van der Waals surface area contributed by atoms with E-state index in [1.807, 2.05) is 18.3 Å². The van der Waals surface area contributed by atoms with E-state index in [4.69, 9.17) is 4.74 Å². The Morgan fingerprint density at radius 3 is 2.29 bits per heavy atom. The van der Waals surface area contributed by atoms with Gasteiger partial charge in [0.25, 0.3) is 0 Å². The van der Waals surface area contributed by atoms with Crippen molar-refractivity contribution in [1.29, 1.82) is 0 Å². The van der Waals surface area contributed by atoms with Crippen molar-refractivity contribution in [3.05, 3.63) is 54.4 Å². The summed E-state index contributed by atoms with van der Waals surface area (Å²) in [5, 5.41) is 0. The summed E-state index contributed by atoms with van der Waals surface area (Å²) >= 11 is 0. The smallest absolute Gasteiger partial charge is 0.242 e. The Balaban J connectivity index is 1.39. The first-order valence-corrected chi connectivity index (χ1v) is 10.9. The minimum atomic E-state index is -3.40. The zero-order valence-corrected chi connectivity index (χ0v) is 17.3. The van der Waals surface area contributed by atoms with Crippen LogP contribution in [0.3, 0.4) is 0 Å². The van der Waals surface area contributed by atoms with Gasteiger partial charge in [-0.25, -0.2) is 12.7 Å². The molecule has 0 N–H and O–H groups in total. The second-order valence-corrected chi connectivity index (χ2v) is 9.20. The summed E-state index contributed by atoms with van der Waals surface area (Å²) in [5.74, 6) is 0.687. The first-order chi connectivity index (χ1) is 13.4. The fraction of sp³-hybridized carbons (Fsp3) is 0.450. The molecule has 0 unspecified atom stereocenters. The molecule has 0 bridgehead atoms. The molecule has 152 valence electrons. The van der Waals surface area contributed by atoms with E-state index in [2.05, 4.69) is 20.9 Å². The molecule has 0 saturated carbocycles. The molecule has 1 saturated heterocycles. The third kappa shape index (κ3) is 5.51. The number of hydrogen-bond acceptors (Lipinski definition) is 6. The van der Waals surface area contributed by atoms with E-state index >= 15 is 0 Å². The Bertz CT molecular complexity index is 834. The SMILES string of the molecule is CN(C)S(=O)(=O)c1ccc(OCCN2CCN(Cc3ccccn3)CC2)cc1. The summed E-state index contributed by atoms with van der Waals surface area (Å²) in [5.41, 5.74) is 1.11. The first kappa shape index (κ1) is 20.7. The zero-order chi connectivity index (χ0) is 20.0. The maximum absolute atomic E-state index is 12.1. The average Bonchev–Trinajstić information content (AvgIpc) is 2.70. The molecule has 2 aromatic rings. The van der Waals surface area contributed by atoms with Gasteiger partial charge in [-0.05, 0) is 36.4 Å². The number of nitrogens with zero attached hydrogens (tertiary/aromatic N) is 4. The highest BCUT2D eigenvalue weighted by Gasteiger charge is 2.18. The number of ether oxygens (including phenoxy) is 1. The first-order valence-electron chi connectivity index (χ1n) is 9.45. The highest BCUT2D eigenvalue weighted by atomic mass is 32.2. The van der Waals surface area contributed by atoms with Gasteiger partial charge in [-0.15, -0.1) is 0 Å². The second kappa shape index (κ2) is 9.47. The Morgan fingerprint density at radius 1 is 1.00 bits per heavy atom. The molecule has 0 radical (unpaired) electrons. The molecule has 3 rings (SSSR count). The van der Waals surface area contributed by atoms with Gasteiger partial charge in [0.1, 0.15) is 12.4 Å². The molecule has 0 aliphatic carbocycles. The quantitative estimate of drug-likeness (QED) is 0.665. The van der Waals surface area contributed by atoms with Gasteiger partial charge in [0.15, 0.2) is 0 Å². The van der Waals surface area contributed by atoms with Crippen LogP contribution in [0.15, 0.2) is 53.6 Å². The number of sulfonamides is 1. The molecule has 0 spiro atoms. The van der Waals surface area contributed by atoms with Gasteiger partial charge >= 0.3 is 0 Å². The zero-order valence-electron chi connectivity index (χ0n) is 16.5. The van der Waals surface area contributed by atoms with Crippen molar-refractivity contribution in [3.8, 4) is 5.75 Å². The third-order valence-corrected chi connectivity index (χ3v) is 6.68. The van der Waals surface area contributed by atoms with Crippen molar-refractivity contribution in [1.82, 2.24) is 19.1 Å². The summed E-state index contributed by atoms with van der Waals surface area (Å²) in [7, 11) is -0.351. The average molecular weight is 405 g/mol. The van der Waals surface area contributed by atoms with Crippen LogP contribution in [0.2, 0.25) is 0 Å². The predicted molar refractivity (Wildman–Crippen MR) is 109 cm³/mol. The van der Waals surface area contributed by atoms with Crippen molar-refractivity contribution in [2.75, 3.05) is 53.4 Å². The molecule has 0 atom stereocenters. The maximum Gasteiger partial charge on any atom is 0.242 e. The number of aromatic nitrogens is 1. The molecule has 1 aliphatic rings. The maximum atomic E-state index is 12.1. The van der Waals surface area contributed by atoms with E-state index in [1.165, 1.54) is 18.4 Å². The van der Waals surface area contributed by atoms with Gasteiger partial charge in [0.2, 0.25) is 10.0 Å². The van der Waals surface area contributed by atoms with Crippen molar-refractivity contribution in [2.24, 2.45) is 0 Å². The number of benzene rings is 1. The van der Waals surface area contributed by atoms with Gasteiger partial charge in [0.05, 0.1) is 10.6 Å². The normalized spacial score (nSPS) is 16.4. The lowest BCUT2D eigenvalue weighted by Crippen LogP contribution is -2.47. The van der Waals surface area contributed by atoms with Gasteiger partial charge in [-0.3, -0.25) is 14.8 Å². The Kier molecular flexibility index (Phi) is 7.01. The van der Waals surface area contributed by atoms with Crippen molar-refractivity contribution in [3.63, 3.8) is 0 Å². The van der Waals surface area contributed by atoms with Crippen LogP contribution in [0.4, 0.5) is 0 Å². The summed E-state index contributed by atoms with van der Waals surface area (Å²) < 4.78 is 31.1. The lowest BCUT2D eigenvalue weighted by Gasteiger charge is -2.34. The highest BCUT2D eigenvalue weighted by molar-refractivity contribution is 7.89. The summed E-state index contributed by atoms with van der Waals surface area (Å²) in [6, 6.07) is 12.6. The van der Waals surface area contributed by atoms with Crippen molar-refractivity contribution in [2.45, 2.75) is 11.4 Å². The fourth-order valence-electron chi connectivity index (χ4n) is 3.10. The summed E-state index contributed by atoms with van der Waals surface area (Å²) in [4.78, 5) is 9.47. The van der Waals surface area contributed by atoms with Gasteiger partial charge in [-0.2, -0.15) is 0 Å². The van der Waals surface area contributed by atoms with E-state index in [0.29, 0.717) is 12.4 Å². The van der Waals surface area contributed by atoms with Crippen LogP contribution >= 0.6 is 0 Å². The van der Waals surface area contributed by atoms with Gasteiger partial charge < -0.3 is 4.74 Å². The fourth-order valence-corrected chi connectivity index (χ4v) is 4.00. The Morgan fingerprint density at radius 2 is 1.68 bits per heavy atom. The van der Waals surface area contributed by atoms with E-state index in [1.54, 1.807) is 24.3 Å². The van der Waals surface area contributed by atoms with Crippen LogP contribution in [0.1, 0.15) is 5.69 Å². The molecular weight excluding hydrogens is 376 g/mol. The summed E-state index contributed by atoms with van der Waals surface area (Å²) in [6.45, 7) is 6.40. The molecule has 1 aromatic heterocycles. The van der Waals surface area contributed by atoms with Gasteiger partial charge in [-0.1, -0.05) is 6.07 Å². The number of hydrogen-bond donors (Lipinski definition) is 0. The van der Waals surface area contributed by atoms with E-state index < -0.39 is 10.0 Å². The summed E-state index contributed by atoms with van der Waals surface area (Å²) in [6.07, 6.45) is 1.84. The topological polar surface area (TPSA) is 66.0 Å². The molecule has 28 heavy (non-hydrogen) atoms. The highest BCUT2D eigenvalue weighted by Crippen LogP contribution is 2.18. The van der Waals surface area contributed by atoms with Crippen LogP contribution in [-0.2, 0) is 16.6 Å². The van der Waals surface area contributed by atoms with E-state index in [9.17, 15) is 8.42 Å². The Hall–Kier alpha value is -2.00. The molecule has 8 heteroatoms. The monoisotopic (exact) mass is 404 g/mol. The van der Waals surface area contributed by atoms with Crippen molar-refractivity contribution < 1.29 is 13.2 Å². The van der Waals surface area contributed by atoms with E-state index in [-0.39, 0.29) is 4.90 Å². The molecule has 1 aromatic carbocycles. The number of pyridine rings is 1. The number of piperazine rings is 1. The van der Waals surface area contributed by atoms with Crippen LogP contribution in [-0.4, -0.2) is 80.9 Å². The lowest BCUT2D eigenvalue weighted by atomic mass is 10.2. The molecule has 7 nitrogen and oxygen atoms in total. The Labute approximate surface area is 167 Å². The van der Waals surface area contributed by atoms with Gasteiger partial charge in [0, 0.05) is 59.6 Å². The number of rotatable bonds is 8. The minimum absolute atomic E-state index is 0.272. The molecule has 1 aliphatic heterocycles. The van der Waals surface area contributed by atoms with Crippen LogP contribution in [0.25, 0.3) is 0 Å². The molecule has 0 amide bonds. The van der Waals surface area contributed by atoms with Crippen LogP contribution in [0.5, 0.6) is 5.75 Å². The van der Waals surface area contributed by atoms with E-state index in [0.717, 1.165) is 45.0 Å². The molecule has 2 heterocycles. The van der Waals surface area contributed by atoms with Crippen molar-refractivity contribution >= 4 is 10.0 Å². The minimum Gasteiger partial charge on any atom is -0.492 e.